The van der Waals surface area contributed by atoms with Gasteiger partial charge in [-0.25, -0.2) is 0 Å². The Kier molecular flexibility index (Phi) is 7.07. The van der Waals surface area contributed by atoms with Crippen LogP contribution in [0.2, 0.25) is 0 Å². The zero-order valence-electron chi connectivity index (χ0n) is 12.2. The molecule has 1 aliphatic rings. The molecule has 0 radical (unpaired) electrons. The Hall–Kier alpha value is -1.86. The Morgan fingerprint density at radius 1 is 1.45 bits per heavy atom. The van der Waals surface area contributed by atoms with E-state index in [0.29, 0.717) is 25.2 Å². The van der Waals surface area contributed by atoms with Crippen molar-refractivity contribution in [3.05, 3.63) is 34.4 Å². The third-order valence-corrected chi connectivity index (χ3v) is 3.72. The summed E-state index contributed by atoms with van der Waals surface area (Å²) in [4.78, 5) is 24.4. The van der Waals surface area contributed by atoms with Crippen molar-refractivity contribution in [3.63, 3.8) is 0 Å². The summed E-state index contributed by atoms with van der Waals surface area (Å²) >= 11 is 0. The number of halogens is 1. The number of nitro benzene ring substituents is 1. The van der Waals surface area contributed by atoms with E-state index in [1.165, 1.54) is 6.07 Å². The summed E-state index contributed by atoms with van der Waals surface area (Å²) in [7, 11) is 0. The monoisotopic (exact) mass is 328 g/mol. The lowest BCUT2D eigenvalue weighted by molar-refractivity contribution is -0.384. The molecule has 122 valence electrons. The van der Waals surface area contributed by atoms with Crippen LogP contribution in [-0.4, -0.2) is 41.4 Å². The fourth-order valence-corrected chi connectivity index (χ4v) is 2.64. The fourth-order valence-electron chi connectivity index (χ4n) is 2.64. The first-order chi connectivity index (χ1) is 10.1. The molecule has 1 atom stereocenters. The van der Waals surface area contributed by atoms with E-state index in [0.717, 1.165) is 19.4 Å². The summed E-state index contributed by atoms with van der Waals surface area (Å²) < 4.78 is 0. The van der Waals surface area contributed by atoms with Gasteiger partial charge < -0.3 is 16.0 Å². The maximum atomic E-state index is 12.1. The Balaban J connectivity index is 0.00000242. The standard InChI is InChI=1S/C14H20N4O3.ClH/c15-10-11-4-3-9-17(11)14(19)7-8-16-12-5-1-2-6-13(12)18(20)21;/h1-2,5-6,11,16H,3-4,7-10,15H2;1H. The molecule has 1 amide bonds. The highest BCUT2D eigenvalue weighted by atomic mass is 35.5. The summed E-state index contributed by atoms with van der Waals surface area (Å²) in [6.07, 6.45) is 2.26. The number of benzene rings is 1. The van der Waals surface area contributed by atoms with Gasteiger partial charge in [-0.1, -0.05) is 12.1 Å². The molecule has 1 saturated heterocycles. The minimum Gasteiger partial charge on any atom is -0.379 e. The molecule has 0 aliphatic carbocycles. The van der Waals surface area contributed by atoms with Crippen molar-refractivity contribution in [2.24, 2.45) is 5.73 Å². The summed E-state index contributed by atoms with van der Waals surface area (Å²) in [6, 6.07) is 6.56. The molecule has 1 fully saturated rings. The number of nitro groups is 1. The molecule has 0 saturated carbocycles. The van der Waals surface area contributed by atoms with Crippen molar-refractivity contribution in [3.8, 4) is 0 Å². The Bertz CT molecular complexity index is 527. The predicted octanol–water partition coefficient (Wildman–Crippen LogP) is 1.77. The number of nitrogens with two attached hydrogens (primary N) is 1. The van der Waals surface area contributed by atoms with E-state index in [1.807, 2.05) is 4.90 Å². The number of para-hydroxylation sites is 2. The third kappa shape index (κ3) is 4.32. The van der Waals surface area contributed by atoms with Gasteiger partial charge in [-0.05, 0) is 18.9 Å². The topological polar surface area (TPSA) is 102 Å². The average Bonchev–Trinajstić information content (AvgIpc) is 2.96. The van der Waals surface area contributed by atoms with Gasteiger partial charge in [0, 0.05) is 38.2 Å². The minimum absolute atomic E-state index is 0. The van der Waals surface area contributed by atoms with Gasteiger partial charge in [-0.2, -0.15) is 0 Å². The van der Waals surface area contributed by atoms with Gasteiger partial charge in [0.15, 0.2) is 0 Å². The quantitative estimate of drug-likeness (QED) is 0.612. The van der Waals surface area contributed by atoms with Crippen molar-refractivity contribution in [1.29, 1.82) is 0 Å². The second-order valence-electron chi connectivity index (χ2n) is 5.07. The van der Waals surface area contributed by atoms with Crippen LogP contribution >= 0.6 is 12.4 Å². The number of nitrogens with one attached hydrogen (secondary N) is 1. The number of carbonyl (C=O) groups excluding carboxylic acids is 1. The number of hydrogen-bond donors (Lipinski definition) is 2. The average molecular weight is 329 g/mol. The van der Waals surface area contributed by atoms with Crippen LogP contribution in [0.5, 0.6) is 0 Å². The summed E-state index contributed by atoms with van der Waals surface area (Å²) in [5.74, 6) is 0.0500. The van der Waals surface area contributed by atoms with Crippen LogP contribution in [0.25, 0.3) is 0 Å². The van der Waals surface area contributed by atoms with Crippen molar-refractivity contribution >= 4 is 29.7 Å². The van der Waals surface area contributed by atoms with Crippen molar-refractivity contribution in [2.75, 3.05) is 25.0 Å². The predicted molar refractivity (Wildman–Crippen MR) is 87.2 cm³/mol. The molecule has 1 aromatic rings. The van der Waals surface area contributed by atoms with E-state index >= 15 is 0 Å². The molecule has 1 aliphatic heterocycles. The lowest BCUT2D eigenvalue weighted by Gasteiger charge is -2.23. The minimum atomic E-state index is -0.435. The zero-order valence-corrected chi connectivity index (χ0v) is 13.1. The van der Waals surface area contributed by atoms with Crippen LogP contribution < -0.4 is 11.1 Å². The van der Waals surface area contributed by atoms with E-state index in [-0.39, 0.29) is 30.0 Å². The Morgan fingerprint density at radius 2 is 2.18 bits per heavy atom. The van der Waals surface area contributed by atoms with Crippen molar-refractivity contribution < 1.29 is 9.72 Å². The third-order valence-electron chi connectivity index (χ3n) is 3.72. The molecule has 2 rings (SSSR count). The first kappa shape index (κ1) is 18.2. The lowest BCUT2D eigenvalue weighted by atomic mass is 10.2. The van der Waals surface area contributed by atoms with Gasteiger partial charge in [0.1, 0.15) is 5.69 Å². The SMILES string of the molecule is Cl.NCC1CCCN1C(=O)CCNc1ccccc1[N+](=O)[O-]. The van der Waals surface area contributed by atoms with E-state index < -0.39 is 4.92 Å². The molecule has 0 bridgehead atoms. The smallest absolute Gasteiger partial charge is 0.292 e. The van der Waals surface area contributed by atoms with Crippen molar-refractivity contribution in [1.82, 2.24) is 4.90 Å². The van der Waals surface area contributed by atoms with Gasteiger partial charge >= 0.3 is 0 Å². The highest BCUT2D eigenvalue weighted by Crippen LogP contribution is 2.23. The number of anilines is 1. The zero-order chi connectivity index (χ0) is 15.2. The van der Waals surface area contributed by atoms with Crippen LogP contribution in [0, 0.1) is 10.1 Å². The normalized spacial score (nSPS) is 17.0. The molecular formula is C14H21ClN4O3. The van der Waals surface area contributed by atoms with Crippen LogP contribution in [-0.2, 0) is 4.79 Å². The molecule has 3 N–H and O–H groups in total. The maximum Gasteiger partial charge on any atom is 0.292 e. The summed E-state index contributed by atoms with van der Waals surface area (Å²) in [5, 5.41) is 13.8. The molecular weight excluding hydrogens is 308 g/mol. The number of hydrogen-bond acceptors (Lipinski definition) is 5. The van der Waals surface area contributed by atoms with Gasteiger partial charge in [-0.3, -0.25) is 14.9 Å². The molecule has 0 aromatic heterocycles. The number of rotatable bonds is 6. The fraction of sp³-hybridized carbons (Fsp3) is 0.500. The molecule has 1 aromatic carbocycles. The van der Waals surface area contributed by atoms with E-state index in [9.17, 15) is 14.9 Å². The number of likely N-dealkylation sites (tertiary alicyclic amines) is 1. The molecule has 7 nitrogen and oxygen atoms in total. The molecule has 0 spiro atoms. The van der Waals surface area contributed by atoms with Crippen LogP contribution in [0.1, 0.15) is 19.3 Å². The maximum absolute atomic E-state index is 12.1. The van der Waals surface area contributed by atoms with Crippen LogP contribution in [0.4, 0.5) is 11.4 Å². The van der Waals surface area contributed by atoms with E-state index in [2.05, 4.69) is 5.32 Å². The second kappa shape index (κ2) is 8.55. The Morgan fingerprint density at radius 3 is 2.86 bits per heavy atom. The lowest BCUT2D eigenvalue weighted by Crippen LogP contribution is -2.40. The van der Waals surface area contributed by atoms with E-state index in [1.54, 1.807) is 18.2 Å². The second-order valence-corrected chi connectivity index (χ2v) is 5.07. The Labute approximate surface area is 135 Å². The van der Waals surface area contributed by atoms with Crippen LogP contribution in [0.15, 0.2) is 24.3 Å². The molecule has 22 heavy (non-hydrogen) atoms. The highest BCUT2D eigenvalue weighted by Gasteiger charge is 2.26. The number of amides is 1. The highest BCUT2D eigenvalue weighted by molar-refractivity contribution is 5.85. The number of carbonyl (C=O) groups is 1. The van der Waals surface area contributed by atoms with Crippen molar-refractivity contribution in [2.45, 2.75) is 25.3 Å². The van der Waals surface area contributed by atoms with Gasteiger partial charge in [0.05, 0.1) is 4.92 Å². The first-order valence-corrected chi connectivity index (χ1v) is 7.10. The van der Waals surface area contributed by atoms with Gasteiger partial charge in [0.2, 0.25) is 5.91 Å². The largest absolute Gasteiger partial charge is 0.379 e. The number of nitrogens with zero attached hydrogens (tertiary/aromatic N) is 2. The summed E-state index contributed by atoms with van der Waals surface area (Å²) in [5.41, 5.74) is 6.11. The summed E-state index contributed by atoms with van der Waals surface area (Å²) in [6.45, 7) is 1.62. The van der Waals surface area contributed by atoms with E-state index in [4.69, 9.17) is 5.73 Å². The van der Waals surface area contributed by atoms with Gasteiger partial charge in [-0.15, -0.1) is 12.4 Å². The first-order valence-electron chi connectivity index (χ1n) is 7.10. The molecule has 1 unspecified atom stereocenters. The van der Waals surface area contributed by atoms with Crippen LogP contribution in [0.3, 0.4) is 0 Å². The molecule has 1 heterocycles. The molecule has 8 heteroatoms. The van der Waals surface area contributed by atoms with Gasteiger partial charge in [0.25, 0.3) is 5.69 Å².